The molecule has 0 unspecified atom stereocenters. The zero-order chi connectivity index (χ0) is 14.5. The number of carboxylic acid groups (broad SMARTS) is 1. The summed E-state index contributed by atoms with van der Waals surface area (Å²) in [5.41, 5.74) is 0.618. The molecule has 6 nitrogen and oxygen atoms in total. The fourth-order valence-corrected chi connectivity index (χ4v) is 2.27. The van der Waals surface area contributed by atoms with E-state index in [-0.39, 0.29) is 23.1 Å². The average molecular weight is 278 g/mol. The Labute approximate surface area is 117 Å². The van der Waals surface area contributed by atoms with Gasteiger partial charge in [-0.25, -0.2) is 4.79 Å². The van der Waals surface area contributed by atoms with Crippen LogP contribution in [0.1, 0.15) is 23.2 Å². The van der Waals surface area contributed by atoms with Gasteiger partial charge in [0.25, 0.3) is 0 Å². The highest BCUT2D eigenvalue weighted by molar-refractivity contribution is 5.95. The third-order valence-electron chi connectivity index (χ3n) is 3.37. The third-order valence-corrected chi connectivity index (χ3v) is 3.37. The van der Waals surface area contributed by atoms with Crippen molar-refractivity contribution in [1.29, 1.82) is 0 Å². The van der Waals surface area contributed by atoms with Crippen molar-refractivity contribution in [3.05, 3.63) is 23.8 Å². The van der Waals surface area contributed by atoms with Crippen LogP contribution in [0.5, 0.6) is 5.75 Å². The van der Waals surface area contributed by atoms with Crippen LogP contribution >= 0.6 is 0 Å². The van der Waals surface area contributed by atoms with Gasteiger partial charge < -0.3 is 20.5 Å². The zero-order valence-electron chi connectivity index (χ0n) is 11.3. The van der Waals surface area contributed by atoms with Gasteiger partial charge in [-0.05, 0) is 31.5 Å². The highest BCUT2D eigenvalue weighted by Gasteiger charge is 2.21. The van der Waals surface area contributed by atoms with Crippen molar-refractivity contribution in [2.75, 3.05) is 25.5 Å². The summed E-state index contributed by atoms with van der Waals surface area (Å²) in [7, 11) is 1.40. The molecule has 0 radical (unpaired) electrons. The van der Waals surface area contributed by atoms with Gasteiger partial charge in [0.05, 0.1) is 13.0 Å². The van der Waals surface area contributed by atoms with Crippen molar-refractivity contribution in [1.82, 2.24) is 5.32 Å². The summed E-state index contributed by atoms with van der Waals surface area (Å²) in [5.74, 6) is -0.926. The van der Waals surface area contributed by atoms with E-state index >= 15 is 0 Å². The van der Waals surface area contributed by atoms with Gasteiger partial charge >= 0.3 is 5.97 Å². The van der Waals surface area contributed by atoms with E-state index in [1.165, 1.54) is 19.2 Å². The van der Waals surface area contributed by atoms with Crippen molar-refractivity contribution in [3.8, 4) is 5.75 Å². The lowest BCUT2D eigenvalue weighted by molar-refractivity contribution is -0.120. The molecule has 0 bridgehead atoms. The van der Waals surface area contributed by atoms with E-state index < -0.39 is 5.97 Å². The molecule has 0 aliphatic carbocycles. The number of aromatic carboxylic acids is 1. The Balaban J connectivity index is 2.09. The number of carbonyl (C=O) groups is 2. The summed E-state index contributed by atoms with van der Waals surface area (Å²) >= 11 is 0. The maximum Gasteiger partial charge on any atom is 0.339 e. The Morgan fingerprint density at radius 2 is 2.25 bits per heavy atom. The van der Waals surface area contributed by atoms with Crippen molar-refractivity contribution < 1.29 is 19.4 Å². The van der Waals surface area contributed by atoms with E-state index in [0.717, 1.165) is 19.4 Å². The Hall–Kier alpha value is -2.08. The largest absolute Gasteiger partial charge is 0.496 e. The number of carboxylic acids is 1. The first-order valence-corrected chi connectivity index (χ1v) is 6.54. The lowest BCUT2D eigenvalue weighted by Crippen LogP contribution is -2.37. The molecule has 1 aliphatic rings. The number of methoxy groups -OCH3 is 1. The van der Waals surface area contributed by atoms with Gasteiger partial charge in [-0.2, -0.15) is 0 Å². The molecule has 6 heteroatoms. The molecule has 1 aromatic rings. The molecule has 0 saturated carbocycles. The minimum atomic E-state index is -1.06. The van der Waals surface area contributed by atoms with Gasteiger partial charge in [0.1, 0.15) is 11.3 Å². The normalized spacial score (nSPS) is 18.4. The minimum Gasteiger partial charge on any atom is -0.496 e. The number of hydrogen-bond donors (Lipinski definition) is 3. The number of anilines is 1. The standard InChI is InChI=1S/C14H18N2O4/c1-20-12-7-10(4-5-11(12)14(18)19)16-13(17)9-3-2-6-15-8-9/h4-5,7,9,15H,2-3,6,8H2,1H3,(H,16,17)(H,18,19)/t9-/m0/s1. The van der Waals surface area contributed by atoms with Crippen LogP contribution in [0.4, 0.5) is 5.69 Å². The van der Waals surface area contributed by atoms with Crippen LogP contribution in [0, 0.1) is 5.92 Å². The van der Waals surface area contributed by atoms with Crippen molar-refractivity contribution >= 4 is 17.6 Å². The van der Waals surface area contributed by atoms with E-state index in [2.05, 4.69) is 10.6 Å². The van der Waals surface area contributed by atoms with Crippen LogP contribution in [0.3, 0.4) is 0 Å². The molecule has 2 rings (SSSR count). The number of piperidine rings is 1. The van der Waals surface area contributed by atoms with E-state index in [1.807, 2.05) is 0 Å². The van der Waals surface area contributed by atoms with Gasteiger partial charge in [0.2, 0.25) is 5.91 Å². The monoisotopic (exact) mass is 278 g/mol. The molecule has 1 fully saturated rings. The highest BCUT2D eigenvalue weighted by Crippen LogP contribution is 2.24. The zero-order valence-corrected chi connectivity index (χ0v) is 11.3. The summed E-state index contributed by atoms with van der Waals surface area (Å²) in [6, 6.07) is 4.52. The second-order valence-corrected chi connectivity index (χ2v) is 4.75. The molecule has 0 aromatic heterocycles. The van der Waals surface area contributed by atoms with Crippen LogP contribution in [-0.2, 0) is 4.79 Å². The molecule has 20 heavy (non-hydrogen) atoms. The van der Waals surface area contributed by atoms with Gasteiger partial charge in [-0.15, -0.1) is 0 Å². The third kappa shape index (κ3) is 3.27. The number of rotatable bonds is 4. The lowest BCUT2D eigenvalue weighted by Gasteiger charge is -2.22. The first kappa shape index (κ1) is 14.3. The van der Waals surface area contributed by atoms with Gasteiger partial charge in [-0.1, -0.05) is 0 Å². The van der Waals surface area contributed by atoms with Gasteiger partial charge in [0.15, 0.2) is 0 Å². The Morgan fingerprint density at radius 3 is 2.85 bits per heavy atom. The molecule has 0 spiro atoms. The molecule has 108 valence electrons. The molecule has 1 amide bonds. The smallest absolute Gasteiger partial charge is 0.339 e. The fraction of sp³-hybridized carbons (Fsp3) is 0.429. The predicted octanol–water partition coefficient (Wildman–Crippen LogP) is 1.33. The summed E-state index contributed by atoms with van der Waals surface area (Å²) < 4.78 is 5.03. The fourth-order valence-electron chi connectivity index (χ4n) is 2.27. The molecular weight excluding hydrogens is 260 g/mol. The number of nitrogens with one attached hydrogen (secondary N) is 2. The number of carbonyl (C=O) groups excluding carboxylic acids is 1. The molecule has 1 atom stereocenters. The first-order chi connectivity index (χ1) is 9.61. The topological polar surface area (TPSA) is 87.7 Å². The summed E-state index contributed by atoms with van der Waals surface area (Å²) in [5, 5.41) is 15.0. The van der Waals surface area contributed by atoms with Crippen LogP contribution in [-0.4, -0.2) is 37.2 Å². The van der Waals surface area contributed by atoms with Crippen molar-refractivity contribution in [2.24, 2.45) is 5.92 Å². The number of benzene rings is 1. The maximum atomic E-state index is 12.1. The van der Waals surface area contributed by atoms with Crippen LogP contribution < -0.4 is 15.4 Å². The maximum absolute atomic E-state index is 12.1. The highest BCUT2D eigenvalue weighted by atomic mass is 16.5. The Morgan fingerprint density at radius 1 is 1.45 bits per heavy atom. The SMILES string of the molecule is COc1cc(NC(=O)[C@H]2CCCNC2)ccc1C(=O)O. The molecule has 1 heterocycles. The summed E-state index contributed by atoms with van der Waals surface area (Å²) in [4.78, 5) is 23.1. The molecule has 1 aromatic carbocycles. The number of ether oxygens (including phenoxy) is 1. The predicted molar refractivity (Wildman–Crippen MR) is 74.2 cm³/mol. The Bertz CT molecular complexity index is 510. The van der Waals surface area contributed by atoms with E-state index in [4.69, 9.17) is 9.84 Å². The van der Waals surface area contributed by atoms with Crippen molar-refractivity contribution in [3.63, 3.8) is 0 Å². The van der Waals surface area contributed by atoms with Crippen LogP contribution in [0.25, 0.3) is 0 Å². The first-order valence-electron chi connectivity index (χ1n) is 6.54. The molecular formula is C14H18N2O4. The van der Waals surface area contributed by atoms with E-state index in [1.54, 1.807) is 6.07 Å². The minimum absolute atomic E-state index is 0.0473. The second-order valence-electron chi connectivity index (χ2n) is 4.75. The van der Waals surface area contributed by atoms with E-state index in [0.29, 0.717) is 12.2 Å². The summed E-state index contributed by atoms with van der Waals surface area (Å²) in [6.45, 7) is 1.63. The molecule has 1 aliphatic heterocycles. The Kier molecular flexibility index (Phi) is 4.57. The summed E-state index contributed by atoms with van der Waals surface area (Å²) in [6.07, 6.45) is 1.85. The number of amides is 1. The van der Waals surface area contributed by atoms with Gasteiger partial charge in [-0.3, -0.25) is 4.79 Å². The van der Waals surface area contributed by atoms with Gasteiger partial charge in [0, 0.05) is 18.3 Å². The van der Waals surface area contributed by atoms with Crippen molar-refractivity contribution in [2.45, 2.75) is 12.8 Å². The van der Waals surface area contributed by atoms with Crippen LogP contribution in [0.15, 0.2) is 18.2 Å². The van der Waals surface area contributed by atoms with E-state index in [9.17, 15) is 9.59 Å². The lowest BCUT2D eigenvalue weighted by atomic mass is 9.99. The molecule has 3 N–H and O–H groups in total. The second kappa shape index (κ2) is 6.38. The van der Waals surface area contributed by atoms with Crippen LogP contribution in [0.2, 0.25) is 0 Å². The number of hydrogen-bond acceptors (Lipinski definition) is 4. The molecule has 1 saturated heterocycles. The quantitative estimate of drug-likeness (QED) is 0.773. The average Bonchev–Trinajstić information content (AvgIpc) is 2.47.